The van der Waals surface area contributed by atoms with Crippen LogP contribution in [0.15, 0.2) is 48.5 Å². The lowest BCUT2D eigenvalue weighted by Gasteiger charge is -2.24. The summed E-state index contributed by atoms with van der Waals surface area (Å²) in [5, 5.41) is 2.87. The van der Waals surface area contributed by atoms with Gasteiger partial charge in [-0.15, -0.1) is 0 Å². The lowest BCUT2D eigenvalue weighted by Crippen LogP contribution is -2.39. The second kappa shape index (κ2) is 7.74. The average Bonchev–Trinajstić information content (AvgIpc) is 2.56. The van der Waals surface area contributed by atoms with Crippen LogP contribution in [0.3, 0.4) is 0 Å². The highest BCUT2D eigenvalue weighted by Gasteiger charge is 2.18. The number of carbonyl (C=O) groups is 1. The van der Waals surface area contributed by atoms with E-state index in [1.807, 2.05) is 37.1 Å². The predicted octanol–water partition coefficient (Wildman–Crippen LogP) is 3.29. The molecule has 0 heterocycles. The van der Waals surface area contributed by atoms with Gasteiger partial charge in [0.15, 0.2) is 0 Å². The molecule has 0 aliphatic heterocycles. The number of amides is 1. The van der Waals surface area contributed by atoms with Gasteiger partial charge in [-0.05, 0) is 43.8 Å². The highest BCUT2D eigenvalue weighted by Crippen LogP contribution is 2.17. The number of nitrogens with one attached hydrogen (secondary N) is 1. The first kappa shape index (κ1) is 17.0. The molecule has 1 atom stereocenters. The van der Waals surface area contributed by atoms with Gasteiger partial charge >= 0.3 is 0 Å². The molecule has 2 rings (SSSR count). The summed E-state index contributed by atoms with van der Waals surface area (Å²) in [4.78, 5) is 14.2. The van der Waals surface area contributed by atoms with Crippen LogP contribution in [0.2, 0.25) is 0 Å². The maximum absolute atomic E-state index is 12.9. The fourth-order valence-corrected chi connectivity index (χ4v) is 2.16. The first-order valence-electron chi connectivity index (χ1n) is 7.39. The van der Waals surface area contributed by atoms with Crippen molar-refractivity contribution in [3.63, 3.8) is 0 Å². The molecular weight excluding hydrogens is 295 g/mol. The molecule has 2 aromatic carbocycles. The third kappa shape index (κ3) is 4.79. The third-order valence-electron chi connectivity index (χ3n) is 3.72. The summed E-state index contributed by atoms with van der Waals surface area (Å²) in [5.74, 6) is 0.318. The summed E-state index contributed by atoms with van der Waals surface area (Å²) >= 11 is 0. The zero-order valence-corrected chi connectivity index (χ0v) is 13.5. The second-order valence-electron chi connectivity index (χ2n) is 5.44. The zero-order chi connectivity index (χ0) is 16.8. The third-order valence-corrected chi connectivity index (χ3v) is 3.72. The number of ether oxygens (including phenoxy) is 1. The quantitative estimate of drug-likeness (QED) is 0.889. The van der Waals surface area contributed by atoms with Gasteiger partial charge in [0.2, 0.25) is 5.91 Å². The monoisotopic (exact) mass is 316 g/mol. The molecule has 0 aliphatic carbocycles. The average molecular weight is 316 g/mol. The molecule has 1 amide bonds. The molecule has 0 unspecified atom stereocenters. The van der Waals surface area contributed by atoms with Crippen LogP contribution in [-0.4, -0.2) is 31.0 Å². The number of likely N-dealkylation sites (N-methyl/N-ethyl adjacent to an activating group) is 1. The second-order valence-corrected chi connectivity index (χ2v) is 5.44. The van der Waals surface area contributed by atoms with Crippen LogP contribution >= 0.6 is 0 Å². The van der Waals surface area contributed by atoms with Gasteiger partial charge in [-0.3, -0.25) is 9.69 Å². The molecule has 0 radical (unpaired) electrons. The number of nitrogens with zero attached hydrogens (tertiary/aromatic N) is 1. The van der Waals surface area contributed by atoms with Crippen molar-refractivity contribution in [3.05, 3.63) is 59.9 Å². The Morgan fingerprint density at radius 2 is 1.96 bits per heavy atom. The topological polar surface area (TPSA) is 41.6 Å². The molecule has 0 bridgehead atoms. The van der Waals surface area contributed by atoms with Gasteiger partial charge in [0.25, 0.3) is 0 Å². The van der Waals surface area contributed by atoms with Gasteiger partial charge in [0.05, 0.1) is 13.2 Å². The van der Waals surface area contributed by atoms with Gasteiger partial charge in [-0.2, -0.15) is 0 Å². The van der Waals surface area contributed by atoms with Crippen molar-refractivity contribution in [1.29, 1.82) is 0 Å². The number of hydrogen-bond donors (Lipinski definition) is 1. The number of methoxy groups -OCH3 is 1. The Bertz CT molecular complexity index is 658. The summed E-state index contributed by atoms with van der Waals surface area (Å²) < 4.78 is 18.1. The summed E-state index contributed by atoms with van der Waals surface area (Å²) in [5.41, 5.74) is 1.64. The maximum Gasteiger partial charge on any atom is 0.241 e. The SMILES string of the molecule is COc1cccc(NC(=O)[C@H](C)N(C)Cc2ccc(F)cc2)c1. The summed E-state index contributed by atoms with van der Waals surface area (Å²) in [6.45, 7) is 2.39. The summed E-state index contributed by atoms with van der Waals surface area (Å²) in [6.07, 6.45) is 0. The molecule has 0 spiro atoms. The van der Waals surface area contributed by atoms with E-state index < -0.39 is 0 Å². The molecule has 23 heavy (non-hydrogen) atoms. The van der Waals surface area contributed by atoms with Gasteiger partial charge in [-0.25, -0.2) is 4.39 Å². The first-order chi connectivity index (χ1) is 11.0. The Morgan fingerprint density at radius 3 is 2.61 bits per heavy atom. The summed E-state index contributed by atoms with van der Waals surface area (Å²) in [6, 6.07) is 13.2. The summed E-state index contributed by atoms with van der Waals surface area (Å²) in [7, 11) is 3.44. The Morgan fingerprint density at radius 1 is 1.26 bits per heavy atom. The molecule has 1 N–H and O–H groups in total. The van der Waals surface area contributed by atoms with Crippen molar-refractivity contribution in [2.75, 3.05) is 19.5 Å². The highest BCUT2D eigenvalue weighted by atomic mass is 19.1. The first-order valence-corrected chi connectivity index (χ1v) is 7.39. The fourth-order valence-electron chi connectivity index (χ4n) is 2.16. The molecule has 2 aromatic rings. The molecule has 0 fully saturated rings. The van der Waals surface area contributed by atoms with E-state index in [1.54, 1.807) is 25.3 Å². The number of rotatable bonds is 6. The highest BCUT2D eigenvalue weighted by molar-refractivity contribution is 5.94. The van der Waals surface area contributed by atoms with E-state index in [9.17, 15) is 9.18 Å². The van der Waals surface area contributed by atoms with Crippen LogP contribution in [0, 0.1) is 5.82 Å². The van der Waals surface area contributed by atoms with Gasteiger partial charge < -0.3 is 10.1 Å². The zero-order valence-electron chi connectivity index (χ0n) is 13.5. The molecular formula is C18H21FN2O2. The largest absolute Gasteiger partial charge is 0.497 e. The van der Waals surface area contributed by atoms with Crippen LogP contribution in [0.4, 0.5) is 10.1 Å². The van der Waals surface area contributed by atoms with E-state index in [-0.39, 0.29) is 17.8 Å². The van der Waals surface area contributed by atoms with E-state index in [0.717, 1.165) is 5.56 Å². The van der Waals surface area contributed by atoms with Gasteiger partial charge in [0.1, 0.15) is 11.6 Å². The van der Waals surface area contributed by atoms with E-state index >= 15 is 0 Å². The molecule has 5 heteroatoms. The molecule has 0 aromatic heterocycles. The van der Waals surface area contributed by atoms with Gasteiger partial charge in [-0.1, -0.05) is 18.2 Å². The maximum atomic E-state index is 12.9. The fraction of sp³-hybridized carbons (Fsp3) is 0.278. The van der Waals surface area contributed by atoms with Crippen LogP contribution in [0.25, 0.3) is 0 Å². The normalized spacial score (nSPS) is 12.0. The number of hydrogen-bond acceptors (Lipinski definition) is 3. The number of halogens is 1. The molecule has 122 valence electrons. The Kier molecular flexibility index (Phi) is 5.71. The lowest BCUT2D eigenvalue weighted by molar-refractivity contribution is -0.120. The van der Waals surface area contributed by atoms with Crippen LogP contribution < -0.4 is 10.1 Å². The van der Waals surface area contributed by atoms with Crippen LogP contribution in [-0.2, 0) is 11.3 Å². The van der Waals surface area contributed by atoms with Crippen molar-refractivity contribution in [1.82, 2.24) is 4.90 Å². The van der Waals surface area contributed by atoms with Gasteiger partial charge in [0, 0.05) is 18.3 Å². The van der Waals surface area contributed by atoms with Crippen molar-refractivity contribution >= 4 is 11.6 Å². The number of benzene rings is 2. The Balaban J connectivity index is 1.96. The molecule has 0 saturated carbocycles. The van der Waals surface area contributed by atoms with Crippen LogP contribution in [0.1, 0.15) is 12.5 Å². The van der Waals surface area contributed by atoms with E-state index in [1.165, 1.54) is 12.1 Å². The minimum Gasteiger partial charge on any atom is -0.497 e. The molecule has 0 saturated heterocycles. The van der Waals surface area contributed by atoms with Crippen molar-refractivity contribution in [2.45, 2.75) is 19.5 Å². The Hall–Kier alpha value is -2.40. The van der Waals surface area contributed by atoms with Crippen molar-refractivity contribution in [3.8, 4) is 5.75 Å². The van der Waals surface area contributed by atoms with E-state index in [2.05, 4.69) is 5.32 Å². The minimum absolute atomic E-state index is 0.108. The van der Waals surface area contributed by atoms with Crippen LogP contribution in [0.5, 0.6) is 5.75 Å². The molecule has 0 aliphatic rings. The molecule has 4 nitrogen and oxygen atoms in total. The van der Waals surface area contributed by atoms with Crippen molar-refractivity contribution < 1.29 is 13.9 Å². The number of carbonyl (C=O) groups excluding carboxylic acids is 1. The smallest absolute Gasteiger partial charge is 0.241 e. The Labute approximate surface area is 135 Å². The minimum atomic E-state index is -0.328. The van der Waals surface area contributed by atoms with E-state index in [4.69, 9.17) is 4.74 Å². The predicted molar refractivity (Wildman–Crippen MR) is 89.0 cm³/mol. The van der Waals surface area contributed by atoms with E-state index in [0.29, 0.717) is 18.0 Å². The number of anilines is 1. The lowest BCUT2D eigenvalue weighted by atomic mass is 10.2. The standard InChI is InChI=1S/C18H21FN2O2/c1-13(21(2)12-14-7-9-15(19)10-8-14)18(22)20-16-5-4-6-17(11-16)23-3/h4-11,13H,12H2,1-3H3,(H,20,22)/t13-/m0/s1. The van der Waals surface area contributed by atoms with Crippen molar-refractivity contribution in [2.24, 2.45) is 0 Å².